The van der Waals surface area contributed by atoms with Crippen LogP contribution in [-0.2, 0) is 0 Å². The molecular weight excluding hydrogens is 332 g/mol. The number of pyridine rings is 1. The molecule has 21 heavy (non-hydrogen) atoms. The van der Waals surface area contributed by atoms with Crippen LogP contribution in [0.3, 0.4) is 0 Å². The predicted molar refractivity (Wildman–Crippen MR) is 88.8 cm³/mol. The quantitative estimate of drug-likeness (QED) is 0.819. The number of rotatable bonds is 2. The molecule has 2 amide bonds. The van der Waals surface area contributed by atoms with Gasteiger partial charge in [-0.2, -0.15) is 0 Å². The molecule has 0 atom stereocenters. The summed E-state index contributed by atoms with van der Waals surface area (Å²) in [6, 6.07) is 2.48. The molecule has 1 saturated heterocycles. The average Bonchev–Trinajstić information content (AvgIpc) is 2.46. The zero-order valence-electron chi connectivity index (χ0n) is 13.1. The van der Waals surface area contributed by atoms with Gasteiger partial charge in [0.15, 0.2) is 0 Å². The Bertz CT molecular complexity index is 512. The highest BCUT2D eigenvalue weighted by Gasteiger charge is 2.27. The second kappa shape index (κ2) is 6.64. The molecule has 1 aliphatic heterocycles. The van der Waals surface area contributed by atoms with Crippen LogP contribution in [0.4, 0.5) is 10.6 Å². The first kappa shape index (κ1) is 16.1. The number of nitrogens with zero attached hydrogens (tertiary/aromatic N) is 4. The number of carbonyl (C=O) groups excluding carboxylic acids is 1. The number of aryl methyl sites for hydroxylation is 1. The summed E-state index contributed by atoms with van der Waals surface area (Å²) >= 11 is 3.45. The first-order valence-electron chi connectivity index (χ1n) is 7.21. The summed E-state index contributed by atoms with van der Waals surface area (Å²) in [7, 11) is 5.48. The minimum Gasteiger partial charge on any atom is -0.356 e. The van der Waals surface area contributed by atoms with Gasteiger partial charge < -0.3 is 14.7 Å². The van der Waals surface area contributed by atoms with Crippen molar-refractivity contribution in [3.63, 3.8) is 0 Å². The molecule has 0 radical (unpaired) electrons. The summed E-state index contributed by atoms with van der Waals surface area (Å²) in [6.07, 6.45) is 3.80. The largest absolute Gasteiger partial charge is 0.356 e. The number of amides is 2. The molecule has 2 heterocycles. The minimum absolute atomic E-state index is 0.0754. The molecule has 1 fully saturated rings. The van der Waals surface area contributed by atoms with Gasteiger partial charge in [-0.25, -0.2) is 9.78 Å². The van der Waals surface area contributed by atoms with Crippen molar-refractivity contribution in [1.29, 1.82) is 0 Å². The van der Waals surface area contributed by atoms with Crippen LogP contribution in [0.2, 0.25) is 0 Å². The topological polar surface area (TPSA) is 39.7 Å². The molecule has 1 aromatic heterocycles. The molecule has 6 heteroatoms. The number of urea groups is 1. The van der Waals surface area contributed by atoms with Crippen molar-refractivity contribution in [2.45, 2.75) is 25.8 Å². The summed E-state index contributed by atoms with van der Waals surface area (Å²) < 4.78 is 1.01. The van der Waals surface area contributed by atoms with Crippen molar-refractivity contribution in [1.82, 2.24) is 14.8 Å². The lowest BCUT2D eigenvalue weighted by Gasteiger charge is -2.38. The van der Waals surface area contributed by atoms with Gasteiger partial charge in [-0.15, -0.1) is 0 Å². The van der Waals surface area contributed by atoms with E-state index in [2.05, 4.69) is 38.8 Å². The highest BCUT2D eigenvalue weighted by Crippen LogP contribution is 2.25. The van der Waals surface area contributed by atoms with Crippen LogP contribution >= 0.6 is 15.9 Å². The van der Waals surface area contributed by atoms with Crippen molar-refractivity contribution >= 4 is 27.8 Å². The Hall–Kier alpha value is -1.30. The van der Waals surface area contributed by atoms with E-state index in [0.717, 1.165) is 36.2 Å². The first-order chi connectivity index (χ1) is 9.90. The number of halogens is 1. The zero-order valence-corrected chi connectivity index (χ0v) is 14.7. The van der Waals surface area contributed by atoms with Gasteiger partial charge in [-0.05, 0) is 47.3 Å². The SMILES string of the molecule is Cc1cc(Br)cnc1N1CCC(N(C)C(=O)N(C)C)CC1. The summed E-state index contributed by atoms with van der Waals surface area (Å²) in [6.45, 7) is 3.96. The Kier molecular flexibility index (Phi) is 5.08. The molecule has 0 N–H and O–H groups in total. The maximum Gasteiger partial charge on any atom is 0.319 e. The van der Waals surface area contributed by atoms with Crippen LogP contribution in [0.25, 0.3) is 0 Å². The maximum atomic E-state index is 12.0. The van der Waals surface area contributed by atoms with Gasteiger partial charge in [-0.1, -0.05) is 0 Å². The molecule has 2 rings (SSSR count). The molecule has 0 saturated carbocycles. The summed E-state index contributed by atoms with van der Waals surface area (Å²) in [5.74, 6) is 1.05. The van der Waals surface area contributed by atoms with E-state index >= 15 is 0 Å². The lowest BCUT2D eigenvalue weighted by molar-refractivity contribution is 0.155. The molecule has 0 aromatic carbocycles. The van der Waals surface area contributed by atoms with Crippen LogP contribution in [0.1, 0.15) is 18.4 Å². The fourth-order valence-electron chi connectivity index (χ4n) is 2.80. The van der Waals surface area contributed by atoms with Gasteiger partial charge in [0, 0.05) is 50.9 Å². The van der Waals surface area contributed by atoms with E-state index in [-0.39, 0.29) is 6.03 Å². The fourth-order valence-corrected chi connectivity index (χ4v) is 3.25. The number of carbonyl (C=O) groups is 1. The van der Waals surface area contributed by atoms with E-state index < -0.39 is 0 Å². The summed E-state index contributed by atoms with van der Waals surface area (Å²) in [5.41, 5.74) is 1.18. The maximum absolute atomic E-state index is 12.0. The molecule has 0 bridgehead atoms. The smallest absolute Gasteiger partial charge is 0.319 e. The van der Waals surface area contributed by atoms with E-state index in [9.17, 15) is 4.79 Å². The lowest BCUT2D eigenvalue weighted by atomic mass is 10.0. The monoisotopic (exact) mass is 354 g/mol. The van der Waals surface area contributed by atoms with Crippen molar-refractivity contribution < 1.29 is 4.79 Å². The van der Waals surface area contributed by atoms with E-state index in [4.69, 9.17) is 0 Å². The molecule has 1 aliphatic rings. The highest BCUT2D eigenvalue weighted by atomic mass is 79.9. The Balaban J connectivity index is 1.98. The van der Waals surface area contributed by atoms with Crippen molar-refractivity contribution in [2.75, 3.05) is 39.1 Å². The standard InChI is InChI=1S/C15H23BrN4O/c1-11-9-12(16)10-17-14(11)20-7-5-13(6-8-20)19(4)15(21)18(2)3/h9-10,13H,5-8H2,1-4H3. The van der Waals surface area contributed by atoms with Crippen molar-refractivity contribution in [3.05, 3.63) is 22.3 Å². The Labute approximate surface area is 135 Å². The summed E-state index contributed by atoms with van der Waals surface area (Å²) in [5, 5.41) is 0. The van der Waals surface area contributed by atoms with Crippen molar-refractivity contribution in [2.24, 2.45) is 0 Å². The third kappa shape index (κ3) is 3.67. The second-order valence-electron chi connectivity index (χ2n) is 5.80. The van der Waals surface area contributed by atoms with Gasteiger partial charge >= 0.3 is 6.03 Å². The number of hydrogen-bond acceptors (Lipinski definition) is 3. The number of aromatic nitrogens is 1. The average molecular weight is 355 g/mol. The number of hydrogen-bond donors (Lipinski definition) is 0. The van der Waals surface area contributed by atoms with Crippen molar-refractivity contribution in [3.8, 4) is 0 Å². The van der Waals surface area contributed by atoms with Gasteiger partial charge in [-0.3, -0.25) is 0 Å². The highest BCUT2D eigenvalue weighted by molar-refractivity contribution is 9.10. The Morgan fingerprint density at radius 3 is 2.48 bits per heavy atom. The number of piperidine rings is 1. The van der Waals surface area contributed by atoms with Crippen LogP contribution in [-0.4, -0.2) is 61.1 Å². The van der Waals surface area contributed by atoms with E-state index in [1.165, 1.54) is 5.56 Å². The third-order valence-electron chi connectivity index (χ3n) is 4.01. The normalized spacial score (nSPS) is 16.0. The van der Waals surface area contributed by atoms with Crippen LogP contribution in [0.5, 0.6) is 0 Å². The molecule has 116 valence electrons. The van der Waals surface area contributed by atoms with Gasteiger partial charge in [0.2, 0.25) is 0 Å². The van der Waals surface area contributed by atoms with Crippen LogP contribution in [0.15, 0.2) is 16.7 Å². The van der Waals surface area contributed by atoms with E-state index in [1.54, 1.807) is 19.0 Å². The summed E-state index contributed by atoms with van der Waals surface area (Å²) in [4.78, 5) is 22.3. The first-order valence-corrected chi connectivity index (χ1v) is 8.00. The van der Waals surface area contributed by atoms with Gasteiger partial charge in [0.1, 0.15) is 5.82 Å². The molecular formula is C15H23BrN4O. The predicted octanol–water partition coefficient (Wildman–Crippen LogP) is 2.73. The minimum atomic E-state index is 0.0754. The molecule has 0 spiro atoms. The zero-order chi connectivity index (χ0) is 15.6. The van der Waals surface area contributed by atoms with E-state index in [0.29, 0.717) is 6.04 Å². The second-order valence-corrected chi connectivity index (χ2v) is 6.72. The molecule has 0 aliphatic carbocycles. The molecule has 5 nitrogen and oxygen atoms in total. The lowest BCUT2D eigenvalue weighted by Crippen LogP contribution is -2.48. The molecule has 0 unspecified atom stereocenters. The number of anilines is 1. The van der Waals surface area contributed by atoms with Crippen LogP contribution < -0.4 is 4.90 Å². The van der Waals surface area contributed by atoms with E-state index in [1.807, 2.05) is 18.1 Å². The Morgan fingerprint density at radius 1 is 1.33 bits per heavy atom. The third-order valence-corrected chi connectivity index (χ3v) is 4.45. The molecule has 1 aromatic rings. The fraction of sp³-hybridized carbons (Fsp3) is 0.600. The van der Waals surface area contributed by atoms with Gasteiger partial charge in [0.05, 0.1) is 0 Å². The van der Waals surface area contributed by atoms with Gasteiger partial charge in [0.25, 0.3) is 0 Å². The van der Waals surface area contributed by atoms with Crippen LogP contribution in [0, 0.1) is 6.92 Å². The Morgan fingerprint density at radius 2 is 1.95 bits per heavy atom.